The lowest BCUT2D eigenvalue weighted by Crippen LogP contribution is -2.24. The second-order valence-electron chi connectivity index (χ2n) is 5.82. The van der Waals surface area contributed by atoms with Gasteiger partial charge in [-0.25, -0.2) is 4.79 Å². The number of carbonyl (C=O) groups is 2. The summed E-state index contributed by atoms with van der Waals surface area (Å²) in [4.78, 5) is 24.2. The van der Waals surface area contributed by atoms with Crippen LogP contribution in [0.2, 0.25) is 0 Å². The van der Waals surface area contributed by atoms with Crippen LogP contribution in [0, 0.1) is 0 Å². The van der Waals surface area contributed by atoms with E-state index in [1.807, 2.05) is 19.1 Å². The minimum Gasteiger partial charge on any atom is -0.399 e. The van der Waals surface area contributed by atoms with Crippen molar-refractivity contribution in [2.75, 3.05) is 17.6 Å². The van der Waals surface area contributed by atoms with E-state index in [9.17, 15) is 9.59 Å². The van der Waals surface area contributed by atoms with Crippen LogP contribution in [0.15, 0.2) is 54.9 Å². The van der Waals surface area contributed by atoms with Crippen molar-refractivity contribution in [3.8, 4) is 0 Å². The molecule has 3 aromatic rings. The maximum atomic E-state index is 12.4. The Morgan fingerprint density at radius 2 is 1.76 bits per heavy atom. The number of nitrogens with one attached hydrogen (secondary N) is 2. The van der Waals surface area contributed by atoms with Crippen LogP contribution in [0.3, 0.4) is 0 Å². The molecule has 6 heteroatoms. The Morgan fingerprint density at radius 1 is 1.04 bits per heavy atom. The first-order chi connectivity index (χ1) is 12.1. The third kappa shape index (κ3) is 3.80. The highest BCUT2D eigenvalue weighted by Crippen LogP contribution is 2.19. The topological polar surface area (TPSA) is 89.2 Å². The SMILES string of the molecule is CCCNC(=O)c1ccc(NC(=O)n2cc3ccc(N)cc3c2)cc1. The first kappa shape index (κ1) is 16.6. The van der Waals surface area contributed by atoms with E-state index in [2.05, 4.69) is 10.6 Å². The molecule has 1 aromatic heterocycles. The average Bonchev–Trinajstić information content (AvgIpc) is 3.03. The van der Waals surface area contributed by atoms with Crippen LogP contribution < -0.4 is 16.4 Å². The molecule has 0 fully saturated rings. The van der Waals surface area contributed by atoms with Crippen LogP contribution in [0.1, 0.15) is 23.7 Å². The van der Waals surface area contributed by atoms with Gasteiger partial charge >= 0.3 is 6.03 Å². The Kier molecular flexibility index (Phi) is 4.70. The van der Waals surface area contributed by atoms with E-state index in [1.165, 1.54) is 4.57 Å². The molecule has 128 valence electrons. The van der Waals surface area contributed by atoms with E-state index < -0.39 is 0 Å². The molecule has 4 N–H and O–H groups in total. The molecular formula is C19H20N4O2. The van der Waals surface area contributed by atoms with Crippen molar-refractivity contribution >= 4 is 34.1 Å². The standard InChI is InChI=1S/C19H20N4O2/c1-2-9-21-18(24)13-4-7-17(8-5-13)22-19(25)23-11-14-3-6-16(20)10-15(14)12-23/h3-8,10-12H,2,9,20H2,1H3,(H,21,24)(H,22,25). The summed E-state index contributed by atoms with van der Waals surface area (Å²) >= 11 is 0. The highest BCUT2D eigenvalue weighted by molar-refractivity contribution is 5.97. The zero-order chi connectivity index (χ0) is 17.8. The van der Waals surface area contributed by atoms with E-state index in [0.29, 0.717) is 23.5 Å². The smallest absolute Gasteiger partial charge is 0.329 e. The lowest BCUT2D eigenvalue weighted by molar-refractivity contribution is 0.0953. The fourth-order valence-electron chi connectivity index (χ4n) is 2.51. The Bertz CT molecular complexity index is 913. The monoisotopic (exact) mass is 336 g/mol. The van der Waals surface area contributed by atoms with Gasteiger partial charge in [0.1, 0.15) is 0 Å². The molecule has 0 saturated heterocycles. The van der Waals surface area contributed by atoms with Gasteiger partial charge in [0.2, 0.25) is 0 Å². The summed E-state index contributed by atoms with van der Waals surface area (Å²) < 4.78 is 1.48. The number of nitrogens with two attached hydrogens (primary N) is 1. The number of nitrogen functional groups attached to an aromatic ring is 1. The van der Waals surface area contributed by atoms with Crippen molar-refractivity contribution in [2.24, 2.45) is 0 Å². The molecule has 0 saturated carbocycles. The van der Waals surface area contributed by atoms with E-state index >= 15 is 0 Å². The third-order valence-corrected chi connectivity index (χ3v) is 3.84. The molecule has 0 unspecified atom stereocenters. The number of hydrogen-bond donors (Lipinski definition) is 3. The zero-order valence-corrected chi connectivity index (χ0v) is 14.0. The lowest BCUT2D eigenvalue weighted by atomic mass is 10.2. The maximum Gasteiger partial charge on any atom is 0.329 e. The molecule has 2 aromatic carbocycles. The first-order valence-corrected chi connectivity index (χ1v) is 8.13. The Labute approximate surface area is 145 Å². The molecule has 0 radical (unpaired) electrons. The lowest BCUT2D eigenvalue weighted by Gasteiger charge is -2.07. The number of benzene rings is 2. The molecule has 25 heavy (non-hydrogen) atoms. The van der Waals surface area contributed by atoms with Crippen molar-refractivity contribution < 1.29 is 9.59 Å². The molecule has 6 nitrogen and oxygen atoms in total. The highest BCUT2D eigenvalue weighted by atomic mass is 16.2. The fourth-order valence-corrected chi connectivity index (χ4v) is 2.51. The Hall–Kier alpha value is -3.28. The zero-order valence-electron chi connectivity index (χ0n) is 14.0. The summed E-state index contributed by atoms with van der Waals surface area (Å²) in [7, 11) is 0. The maximum absolute atomic E-state index is 12.4. The van der Waals surface area contributed by atoms with Crippen LogP contribution >= 0.6 is 0 Å². The van der Waals surface area contributed by atoms with Gasteiger partial charge in [-0.3, -0.25) is 9.36 Å². The molecule has 1 heterocycles. The number of aromatic nitrogens is 1. The molecule has 0 bridgehead atoms. The molecule has 3 rings (SSSR count). The van der Waals surface area contributed by atoms with Gasteiger partial charge in [-0.05, 0) is 42.8 Å². The number of fused-ring (bicyclic) bond motifs is 1. The van der Waals surface area contributed by atoms with Crippen LogP contribution in [0.5, 0.6) is 0 Å². The van der Waals surface area contributed by atoms with Gasteiger partial charge in [-0.1, -0.05) is 13.0 Å². The van der Waals surface area contributed by atoms with Crippen molar-refractivity contribution in [3.05, 3.63) is 60.4 Å². The van der Waals surface area contributed by atoms with Crippen molar-refractivity contribution in [1.29, 1.82) is 0 Å². The number of nitrogens with zero attached hydrogens (tertiary/aromatic N) is 1. The summed E-state index contributed by atoms with van der Waals surface area (Å²) in [6, 6.07) is 12.0. The van der Waals surface area contributed by atoms with Gasteiger partial charge in [0.15, 0.2) is 0 Å². The van der Waals surface area contributed by atoms with Crippen LogP contribution in [0.25, 0.3) is 10.8 Å². The summed E-state index contributed by atoms with van der Waals surface area (Å²) in [5, 5.41) is 7.46. The second-order valence-corrected chi connectivity index (χ2v) is 5.82. The van der Waals surface area contributed by atoms with E-state index in [1.54, 1.807) is 42.7 Å². The number of hydrogen-bond acceptors (Lipinski definition) is 3. The van der Waals surface area contributed by atoms with Crippen molar-refractivity contribution in [3.63, 3.8) is 0 Å². The molecule has 0 atom stereocenters. The average molecular weight is 336 g/mol. The predicted molar refractivity (Wildman–Crippen MR) is 99.8 cm³/mol. The number of rotatable bonds is 4. The van der Waals surface area contributed by atoms with Gasteiger partial charge in [0.05, 0.1) is 0 Å². The largest absolute Gasteiger partial charge is 0.399 e. The summed E-state index contributed by atoms with van der Waals surface area (Å²) in [5.74, 6) is -0.117. The highest BCUT2D eigenvalue weighted by Gasteiger charge is 2.09. The van der Waals surface area contributed by atoms with Gasteiger partial charge < -0.3 is 16.4 Å². The van der Waals surface area contributed by atoms with Gasteiger partial charge in [0.25, 0.3) is 5.91 Å². The van der Waals surface area contributed by atoms with E-state index in [0.717, 1.165) is 17.2 Å². The molecular weight excluding hydrogens is 316 g/mol. The summed E-state index contributed by atoms with van der Waals surface area (Å²) in [6.07, 6.45) is 4.36. The van der Waals surface area contributed by atoms with Crippen LogP contribution in [0.4, 0.5) is 16.2 Å². The van der Waals surface area contributed by atoms with Gasteiger partial charge in [-0.15, -0.1) is 0 Å². The van der Waals surface area contributed by atoms with Crippen LogP contribution in [-0.2, 0) is 0 Å². The molecule has 2 amide bonds. The number of amides is 2. The normalized spacial score (nSPS) is 10.6. The van der Waals surface area contributed by atoms with Gasteiger partial charge in [0, 0.05) is 46.6 Å². The van der Waals surface area contributed by atoms with Gasteiger partial charge in [-0.2, -0.15) is 0 Å². The third-order valence-electron chi connectivity index (χ3n) is 3.84. The minimum atomic E-state index is -0.280. The minimum absolute atomic E-state index is 0.117. The second kappa shape index (κ2) is 7.09. The summed E-state index contributed by atoms with van der Waals surface area (Å²) in [5.41, 5.74) is 7.60. The van der Waals surface area contributed by atoms with Crippen LogP contribution in [-0.4, -0.2) is 23.1 Å². The number of anilines is 2. The van der Waals surface area contributed by atoms with E-state index in [-0.39, 0.29) is 11.9 Å². The van der Waals surface area contributed by atoms with Crippen molar-refractivity contribution in [1.82, 2.24) is 9.88 Å². The number of carbonyl (C=O) groups excluding carboxylic acids is 2. The first-order valence-electron chi connectivity index (χ1n) is 8.13. The predicted octanol–water partition coefficient (Wildman–Crippen LogP) is 3.44. The van der Waals surface area contributed by atoms with Crippen molar-refractivity contribution in [2.45, 2.75) is 13.3 Å². The summed E-state index contributed by atoms with van der Waals surface area (Å²) in [6.45, 7) is 2.64. The molecule has 0 aliphatic carbocycles. The molecule has 0 aliphatic rings. The molecule has 0 spiro atoms. The Morgan fingerprint density at radius 3 is 2.48 bits per heavy atom. The Balaban J connectivity index is 1.70. The fraction of sp³-hybridized carbons (Fsp3) is 0.158. The van der Waals surface area contributed by atoms with E-state index in [4.69, 9.17) is 5.73 Å². The molecule has 0 aliphatic heterocycles. The quantitative estimate of drug-likeness (QED) is 0.638.